The van der Waals surface area contributed by atoms with Gasteiger partial charge in [0.05, 0.1) is 0 Å². The Morgan fingerprint density at radius 2 is 1.20 bits per heavy atom. The van der Waals surface area contributed by atoms with Gasteiger partial charge >= 0.3 is 0 Å². The van der Waals surface area contributed by atoms with Crippen molar-refractivity contribution in [2.45, 2.75) is 3.98 Å². The van der Waals surface area contributed by atoms with Gasteiger partial charge in [-0.25, -0.2) is 0 Å². The molecule has 0 unspecified atom stereocenters. The summed E-state index contributed by atoms with van der Waals surface area (Å²) >= 11 is 13.8. The van der Waals surface area contributed by atoms with Crippen LogP contribution in [-0.2, 0) is 0 Å². The second-order valence-corrected chi connectivity index (χ2v) is 2.69. The van der Waals surface area contributed by atoms with Gasteiger partial charge in [0.25, 0.3) is 3.98 Å². The molecule has 0 fully saturated rings. The van der Waals surface area contributed by atoms with E-state index in [-0.39, 0.29) is 0 Å². The van der Waals surface area contributed by atoms with Gasteiger partial charge in [-0.2, -0.15) is 0 Å². The van der Waals surface area contributed by atoms with Crippen LogP contribution in [0.2, 0.25) is 0 Å². The van der Waals surface area contributed by atoms with Crippen molar-refractivity contribution in [1.29, 1.82) is 0 Å². The molecule has 0 spiro atoms. The van der Waals surface area contributed by atoms with Crippen molar-refractivity contribution in [3.8, 4) is 0 Å². The molecule has 0 aromatic carbocycles. The highest BCUT2D eigenvalue weighted by Gasteiger charge is 2.10. The molecule has 0 saturated heterocycles. The zero-order chi connectivity index (χ0) is 4.50. The van der Waals surface area contributed by atoms with E-state index in [0.29, 0.717) is 0 Å². The van der Waals surface area contributed by atoms with E-state index in [4.69, 9.17) is 5.11 Å². The van der Waals surface area contributed by atoms with E-state index in [1.165, 1.54) is 0 Å². The Morgan fingerprint density at radius 3 is 1.20 bits per heavy atom. The molecule has 0 aliphatic rings. The third-order valence-electron chi connectivity index (χ3n) is 0. The van der Waals surface area contributed by atoms with Crippen molar-refractivity contribution < 1.29 is 5.11 Å². The summed E-state index contributed by atoms with van der Waals surface area (Å²) in [6.45, 7) is 0. The predicted molar refractivity (Wildman–Crippen MR) is 22.5 cm³/mol. The minimum atomic E-state index is -2.08. The van der Waals surface area contributed by atoms with Crippen molar-refractivity contribution in [3.05, 3.63) is 0 Å². The Kier molecular flexibility index (Phi) is 1.77. The Hall–Kier alpha value is 0.830. The van der Waals surface area contributed by atoms with Gasteiger partial charge in [-0.15, -0.1) is 0 Å². The average Bonchev–Trinajstić information content (AvgIpc) is 0.722. The Balaban J connectivity index is 3.02. The van der Waals surface area contributed by atoms with Gasteiger partial charge < -0.3 is 5.11 Å². The van der Waals surface area contributed by atoms with Crippen LogP contribution in [0.3, 0.4) is 0 Å². The molecule has 0 aliphatic carbocycles. The van der Waals surface area contributed by atoms with E-state index in [2.05, 4.69) is 34.8 Å². The Bertz CT molecular complexity index is 22.4. The predicted octanol–water partition coefficient (Wildman–Crippen LogP) is 1.31. The van der Waals surface area contributed by atoms with Gasteiger partial charge in [-0.3, -0.25) is 0 Å². The summed E-state index contributed by atoms with van der Waals surface area (Å²) in [7, 11) is 0. The molecule has 5 heavy (non-hydrogen) atoms. The number of aliphatic hydroxyl groups is 1. The smallest absolute Gasteiger partial charge is 0.294 e. The molecule has 0 amide bonds. The first kappa shape index (κ1) is 5.83. The van der Waals surface area contributed by atoms with Crippen LogP contribution in [0.1, 0.15) is 0 Å². The summed E-state index contributed by atoms with van der Waals surface area (Å²) in [6, 6.07) is 0. The Labute approximate surface area is 44.4 Å². The van der Waals surface area contributed by atoms with Gasteiger partial charge in [0.2, 0.25) is 0 Å². The molecule has 1 N–H and O–H groups in total. The second kappa shape index (κ2) is 1.52. The van der Waals surface area contributed by atoms with Crippen LogP contribution in [0.5, 0.6) is 0 Å². The first-order valence-electron chi connectivity index (χ1n) is 0.791. The minimum Gasteiger partial charge on any atom is -0.350 e. The number of rotatable bonds is 0. The lowest BCUT2D eigenvalue weighted by atomic mass is 11.7. The fraction of sp³-hybridized carbons (Fsp3) is 1.00. The van der Waals surface area contributed by atoms with E-state index in [1.54, 1.807) is 0 Å². The van der Waals surface area contributed by atoms with Crippen molar-refractivity contribution in [3.63, 3.8) is 0 Å². The molecule has 0 atom stereocenters. The van der Waals surface area contributed by atoms with Gasteiger partial charge in [0.1, 0.15) is 0 Å². The minimum absolute atomic E-state index is 2.08. The van der Waals surface area contributed by atoms with E-state index < -0.39 is 3.98 Å². The highest BCUT2D eigenvalue weighted by molar-refractivity contribution is 6.65. The third kappa shape index (κ3) is 56.2. The SMILES string of the molecule is OC(Cl)(Cl)Cl. The standard InChI is InChI=1S/CHCl3O/c2-1(3,4)5/h5H. The maximum atomic E-state index is 7.82. The first-order chi connectivity index (χ1) is 2.00. The van der Waals surface area contributed by atoms with Crippen LogP contribution >= 0.6 is 34.8 Å². The average molecular weight is 135 g/mol. The van der Waals surface area contributed by atoms with Crippen LogP contribution in [0.4, 0.5) is 0 Å². The largest absolute Gasteiger partial charge is 0.350 e. The van der Waals surface area contributed by atoms with Gasteiger partial charge in [-0.1, -0.05) is 34.8 Å². The molecule has 4 heteroatoms. The van der Waals surface area contributed by atoms with Crippen molar-refractivity contribution in [2.75, 3.05) is 0 Å². The van der Waals surface area contributed by atoms with Gasteiger partial charge in [0, 0.05) is 0 Å². The molecule has 0 bridgehead atoms. The summed E-state index contributed by atoms with van der Waals surface area (Å²) in [6.07, 6.45) is 0. The highest BCUT2D eigenvalue weighted by atomic mass is 35.6. The van der Waals surface area contributed by atoms with Gasteiger partial charge in [-0.05, 0) is 0 Å². The maximum absolute atomic E-state index is 7.82. The summed E-state index contributed by atoms with van der Waals surface area (Å²) in [4.78, 5) is 0. The summed E-state index contributed by atoms with van der Waals surface area (Å²) in [5.74, 6) is 0. The molecule has 0 aromatic heterocycles. The van der Waals surface area contributed by atoms with Crippen LogP contribution < -0.4 is 0 Å². The first-order valence-corrected chi connectivity index (χ1v) is 1.92. The van der Waals surface area contributed by atoms with E-state index in [9.17, 15) is 0 Å². The molecule has 0 saturated carbocycles. The lowest BCUT2D eigenvalue weighted by molar-refractivity contribution is 0.297. The molecule has 0 heterocycles. The highest BCUT2D eigenvalue weighted by Crippen LogP contribution is 2.19. The molecule has 0 aliphatic heterocycles. The van der Waals surface area contributed by atoms with Crippen molar-refractivity contribution in [2.24, 2.45) is 0 Å². The number of halogens is 3. The number of alkyl halides is 3. The summed E-state index contributed by atoms with van der Waals surface area (Å²) in [5.41, 5.74) is 0. The van der Waals surface area contributed by atoms with Gasteiger partial charge in [0.15, 0.2) is 0 Å². The number of hydrogen-bond donors (Lipinski definition) is 1. The van der Waals surface area contributed by atoms with E-state index in [0.717, 1.165) is 0 Å². The molecule has 0 aromatic rings. The zero-order valence-corrected chi connectivity index (χ0v) is 4.35. The van der Waals surface area contributed by atoms with E-state index >= 15 is 0 Å². The molecular weight excluding hydrogens is 134 g/mol. The number of hydrogen-bond acceptors (Lipinski definition) is 1. The van der Waals surface area contributed by atoms with E-state index in [1.807, 2.05) is 0 Å². The van der Waals surface area contributed by atoms with Crippen LogP contribution in [0.15, 0.2) is 0 Å². The molecule has 0 rings (SSSR count). The van der Waals surface area contributed by atoms with Crippen molar-refractivity contribution >= 4 is 34.8 Å². The Morgan fingerprint density at radius 1 is 1.20 bits per heavy atom. The fourth-order valence-corrected chi connectivity index (χ4v) is 0. The summed E-state index contributed by atoms with van der Waals surface area (Å²) < 4.78 is -2.08. The molecule has 0 radical (unpaired) electrons. The molecule has 32 valence electrons. The lowest BCUT2D eigenvalue weighted by Crippen LogP contribution is -1.95. The summed E-state index contributed by atoms with van der Waals surface area (Å²) in [5, 5.41) is 7.82. The van der Waals surface area contributed by atoms with Crippen LogP contribution in [0.25, 0.3) is 0 Å². The lowest BCUT2D eigenvalue weighted by Gasteiger charge is -1.93. The molecule has 1 nitrogen and oxygen atoms in total. The zero-order valence-electron chi connectivity index (χ0n) is 2.08. The fourth-order valence-electron chi connectivity index (χ4n) is 0. The van der Waals surface area contributed by atoms with Crippen molar-refractivity contribution in [1.82, 2.24) is 0 Å². The quantitative estimate of drug-likeness (QED) is 0.497. The maximum Gasteiger partial charge on any atom is 0.294 e. The van der Waals surface area contributed by atoms with Crippen LogP contribution in [0, 0.1) is 0 Å². The van der Waals surface area contributed by atoms with Crippen LogP contribution in [-0.4, -0.2) is 9.09 Å². The second-order valence-electron chi connectivity index (χ2n) is 0.468. The molecular formula is CHCl3O. The third-order valence-corrected chi connectivity index (χ3v) is 0. The normalized spacial score (nSPS) is 12.0. The topological polar surface area (TPSA) is 20.2 Å². The monoisotopic (exact) mass is 134 g/mol.